The van der Waals surface area contributed by atoms with Crippen LogP contribution in [0, 0.1) is 0 Å². The van der Waals surface area contributed by atoms with Gasteiger partial charge in [-0.15, -0.1) is 0 Å². The Morgan fingerprint density at radius 2 is 1.73 bits per heavy atom. The van der Waals surface area contributed by atoms with Gasteiger partial charge in [0.05, 0.1) is 5.56 Å². The minimum Gasteiger partial charge on any atom is -0.312 e. The molecular weight excluding hydrogens is 306 g/mol. The van der Waals surface area contributed by atoms with E-state index in [1.165, 1.54) is 18.7 Å². The van der Waals surface area contributed by atoms with Crippen LogP contribution in [0.1, 0.15) is 23.5 Å². The summed E-state index contributed by atoms with van der Waals surface area (Å²) < 4.78 is 2.34. The summed E-state index contributed by atoms with van der Waals surface area (Å²) in [5.74, 6) is -0.355. The molecule has 1 aliphatic heterocycles. The van der Waals surface area contributed by atoms with Gasteiger partial charge >= 0.3 is 5.69 Å². The van der Waals surface area contributed by atoms with Gasteiger partial charge in [0.25, 0.3) is 5.56 Å². The van der Waals surface area contributed by atoms with E-state index in [4.69, 9.17) is 11.6 Å². The van der Waals surface area contributed by atoms with Crippen molar-refractivity contribution in [2.24, 2.45) is 14.1 Å². The van der Waals surface area contributed by atoms with Crippen LogP contribution in [0.25, 0.3) is 0 Å². The lowest BCUT2D eigenvalue weighted by molar-refractivity contribution is -0.116. The largest absolute Gasteiger partial charge is 0.332 e. The number of rotatable bonds is 1. The van der Waals surface area contributed by atoms with E-state index < -0.39 is 17.2 Å². The van der Waals surface area contributed by atoms with Crippen LogP contribution >= 0.6 is 11.6 Å². The summed E-state index contributed by atoms with van der Waals surface area (Å²) in [5, 5.41) is 3.21. The van der Waals surface area contributed by atoms with Gasteiger partial charge in [-0.2, -0.15) is 0 Å². The second-order valence-corrected chi connectivity index (χ2v) is 5.76. The van der Waals surface area contributed by atoms with Crippen molar-refractivity contribution in [1.29, 1.82) is 0 Å². The first kappa shape index (κ1) is 14.6. The normalized spacial score (nSPS) is 17.0. The number of hydrogen-bond acceptors (Lipinski definition) is 3. The molecule has 22 heavy (non-hydrogen) atoms. The Morgan fingerprint density at radius 1 is 1.09 bits per heavy atom. The number of nitrogens with zero attached hydrogens (tertiary/aromatic N) is 2. The standard InChI is InChI=1S/C15H14ClN3O3/c1-18-13-12(14(21)19(2)15(18)22)10(7-11(20)17-13)8-3-5-9(16)6-4-8/h3-6,10H,7H2,1-2H3,(H,17,20)/t10-/m1/s1. The molecule has 0 saturated carbocycles. The van der Waals surface area contributed by atoms with E-state index in [-0.39, 0.29) is 18.1 Å². The van der Waals surface area contributed by atoms with E-state index in [2.05, 4.69) is 5.32 Å². The third-order valence-electron chi connectivity index (χ3n) is 3.97. The fourth-order valence-electron chi connectivity index (χ4n) is 2.79. The summed E-state index contributed by atoms with van der Waals surface area (Å²) in [6, 6.07) is 7.02. The highest BCUT2D eigenvalue weighted by Gasteiger charge is 2.32. The number of halogens is 1. The highest BCUT2D eigenvalue weighted by atomic mass is 35.5. The fourth-order valence-corrected chi connectivity index (χ4v) is 2.91. The van der Waals surface area contributed by atoms with Gasteiger partial charge in [0.1, 0.15) is 5.82 Å². The number of hydrogen-bond donors (Lipinski definition) is 1. The van der Waals surface area contributed by atoms with E-state index in [9.17, 15) is 14.4 Å². The van der Waals surface area contributed by atoms with Crippen molar-refractivity contribution in [3.05, 3.63) is 61.3 Å². The highest BCUT2D eigenvalue weighted by molar-refractivity contribution is 6.30. The third kappa shape index (κ3) is 2.16. The van der Waals surface area contributed by atoms with Crippen LogP contribution in [0.15, 0.2) is 33.9 Å². The van der Waals surface area contributed by atoms with Gasteiger partial charge in [0, 0.05) is 31.5 Å². The quantitative estimate of drug-likeness (QED) is 0.858. The van der Waals surface area contributed by atoms with E-state index in [1.54, 1.807) is 24.3 Å². The predicted octanol–water partition coefficient (Wildman–Crippen LogP) is 1.21. The second-order valence-electron chi connectivity index (χ2n) is 5.32. The number of anilines is 1. The molecule has 3 rings (SSSR count). The minimum atomic E-state index is -0.471. The van der Waals surface area contributed by atoms with Gasteiger partial charge in [0.15, 0.2) is 0 Å². The Labute approximate surface area is 131 Å². The number of carbonyl (C=O) groups is 1. The molecule has 0 bridgehead atoms. The van der Waals surface area contributed by atoms with Crippen LogP contribution in [0.5, 0.6) is 0 Å². The van der Waals surface area contributed by atoms with Gasteiger partial charge < -0.3 is 5.32 Å². The fraction of sp³-hybridized carbons (Fsp3) is 0.267. The van der Waals surface area contributed by atoms with Crippen LogP contribution in [-0.4, -0.2) is 15.0 Å². The Hall–Kier alpha value is -2.34. The van der Waals surface area contributed by atoms with Crippen LogP contribution in [-0.2, 0) is 18.9 Å². The first-order chi connectivity index (χ1) is 10.4. The second kappa shape index (κ2) is 5.14. The van der Waals surface area contributed by atoms with Crippen molar-refractivity contribution in [3.8, 4) is 0 Å². The molecule has 2 aromatic rings. The first-order valence-corrected chi connectivity index (χ1v) is 7.13. The van der Waals surface area contributed by atoms with Crippen molar-refractivity contribution in [2.45, 2.75) is 12.3 Å². The Bertz CT molecular complexity index is 881. The van der Waals surface area contributed by atoms with Gasteiger partial charge in [-0.25, -0.2) is 4.79 Å². The number of aromatic nitrogens is 2. The summed E-state index contributed by atoms with van der Waals surface area (Å²) in [6.45, 7) is 0. The van der Waals surface area contributed by atoms with Crippen LogP contribution in [0.3, 0.4) is 0 Å². The molecule has 1 amide bonds. The molecule has 0 saturated heterocycles. The number of nitrogens with one attached hydrogen (secondary N) is 1. The molecule has 0 fully saturated rings. The molecule has 1 N–H and O–H groups in total. The average molecular weight is 320 g/mol. The molecule has 1 aromatic carbocycles. The Balaban J connectivity index is 2.30. The molecule has 1 aromatic heterocycles. The molecular formula is C15H14ClN3O3. The van der Waals surface area contributed by atoms with E-state index in [0.29, 0.717) is 10.6 Å². The topological polar surface area (TPSA) is 73.1 Å². The molecule has 0 radical (unpaired) electrons. The summed E-state index contributed by atoms with van der Waals surface area (Å²) in [7, 11) is 2.96. The van der Waals surface area contributed by atoms with Crippen molar-refractivity contribution < 1.29 is 4.79 Å². The molecule has 6 nitrogen and oxygen atoms in total. The number of carbonyl (C=O) groups excluding carboxylic acids is 1. The van der Waals surface area contributed by atoms with Gasteiger partial charge in [-0.3, -0.25) is 18.7 Å². The highest BCUT2D eigenvalue weighted by Crippen LogP contribution is 2.34. The van der Waals surface area contributed by atoms with E-state index in [1.807, 2.05) is 0 Å². The minimum absolute atomic E-state index is 0.155. The summed E-state index contributed by atoms with van der Waals surface area (Å²) in [4.78, 5) is 36.5. The lowest BCUT2D eigenvalue weighted by atomic mass is 9.87. The molecule has 1 aliphatic rings. The maximum absolute atomic E-state index is 12.5. The average Bonchev–Trinajstić information content (AvgIpc) is 2.50. The Morgan fingerprint density at radius 3 is 2.36 bits per heavy atom. The van der Waals surface area contributed by atoms with Gasteiger partial charge in [-0.1, -0.05) is 23.7 Å². The SMILES string of the molecule is Cn1c2c(c(=O)n(C)c1=O)[C@@H](c1ccc(Cl)cc1)CC(=O)N2. The zero-order valence-corrected chi connectivity index (χ0v) is 12.8. The van der Waals surface area contributed by atoms with Crippen molar-refractivity contribution in [3.63, 3.8) is 0 Å². The lowest BCUT2D eigenvalue weighted by Crippen LogP contribution is -2.44. The summed E-state index contributed by atoms with van der Waals surface area (Å²) in [5.41, 5.74) is 0.377. The molecule has 114 valence electrons. The maximum Gasteiger partial charge on any atom is 0.332 e. The van der Waals surface area contributed by atoms with Gasteiger partial charge in [-0.05, 0) is 17.7 Å². The summed E-state index contributed by atoms with van der Waals surface area (Å²) >= 11 is 5.89. The summed E-state index contributed by atoms with van der Waals surface area (Å²) in [6.07, 6.45) is 0.155. The van der Waals surface area contributed by atoms with E-state index in [0.717, 1.165) is 10.1 Å². The number of amides is 1. The smallest absolute Gasteiger partial charge is 0.312 e. The maximum atomic E-state index is 12.5. The molecule has 0 aliphatic carbocycles. The van der Waals surface area contributed by atoms with E-state index >= 15 is 0 Å². The molecule has 0 unspecified atom stereocenters. The van der Waals surface area contributed by atoms with Crippen molar-refractivity contribution >= 4 is 23.3 Å². The first-order valence-electron chi connectivity index (χ1n) is 6.75. The van der Waals surface area contributed by atoms with Crippen molar-refractivity contribution in [2.75, 3.05) is 5.32 Å². The zero-order chi connectivity index (χ0) is 16.0. The van der Waals surface area contributed by atoms with Crippen LogP contribution < -0.4 is 16.6 Å². The lowest BCUT2D eigenvalue weighted by Gasteiger charge is -2.27. The predicted molar refractivity (Wildman–Crippen MR) is 83.5 cm³/mol. The number of fused-ring (bicyclic) bond motifs is 1. The third-order valence-corrected chi connectivity index (χ3v) is 4.22. The van der Waals surface area contributed by atoms with Crippen molar-refractivity contribution in [1.82, 2.24) is 9.13 Å². The molecule has 1 atom stereocenters. The monoisotopic (exact) mass is 319 g/mol. The van der Waals surface area contributed by atoms with Crippen LogP contribution in [0.2, 0.25) is 5.02 Å². The molecule has 7 heteroatoms. The Kier molecular flexibility index (Phi) is 3.41. The van der Waals surface area contributed by atoms with Crippen LogP contribution in [0.4, 0.5) is 5.82 Å². The zero-order valence-electron chi connectivity index (χ0n) is 12.1. The molecule has 0 spiro atoms. The van der Waals surface area contributed by atoms with Gasteiger partial charge in [0.2, 0.25) is 5.91 Å². The number of benzene rings is 1. The molecule has 2 heterocycles.